The van der Waals surface area contributed by atoms with Crippen LogP contribution in [0.5, 0.6) is 0 Å². The molecule has 3 nitrogen and oxygen atoms in total. The normalized spacial score (nSPS) is 10.4. The summed E-state index contributed by atoms with van der Waals surface area (Å²) in [5, 5.41) is 3.02. The molecule has 0 saturated carbocycles. The summed E-state index contributed by atoms with van der Waals surface area (Å²) >= 11 is 0. The van der Waals surface area contributed by atoms with Gasteiger partial charge in [0, 0.05) is 18.3 Å². The third-order valence-electron chi connectivity index (χ3n) is 2.68. The second-order valence-electron chi connectivity index (χ2n) is 4.23. The van der Waals surface area contributed by atoms with Crippen molar-refractivity contribution >= 4 is 5.95 Å². The van der Waals surface area contributed by atoms with Gasteiger partial charge in [0.25, 0.3) is 0 Å². The molecule has 0 aliphatic heterocycles. The largest absolute Gasteiger partial charge is 0.354 e. The monoisotopic (exact) mass is 245 g/mol. The summed E-state index contributed by atoms with van der Waals surface area (Å²) in [6.07, 6.45) is 1.64. The number of aryl methyl sites for hydroxylation is 2. The van der Waals surface area contributed by atoms with E-state index in [-0.39, 0.29) is 5.82 Å². The number of benzene rings is 1. The summed E-state index contributed by atoms with van der Waals surface area (Å²) < 4.78 is 14.0. The van der Waals surface area contributed by atoms with E-state index >= 15 is 0 Å². The first-order chi connectivity index (χ1) is 8.61. The molecule has 0 saturated heterocycles. The van der Waals surface area contributed by atoms with Gasteiger partial charge in [-0.25, -0.2) is 14.4 Å². The fourth-order valence-electron chi connectivity index (χ4n) is 1.98. The van der Waals surface area contributed by atoms with Gasteiger partial charge in [-0.1, -0.05) is 6.07 Å². The van der Waals surface area contributed by atoms with Crippen molar-refractivity contribution in [1.82, 2.24) is 9.97 Å². The second-order valence-corrected chi connectivity index (χ2v) is 4.23. The van der Waals surface area contributed by atoms with E-state index in [1.165, 1.54) is 6.07 Å². The summed E-state index contributed by atoms with van der Waals surface area (Å²) in [4.78, 5) is 8.41. The number of hydrogen-bond acceptors (Lipinski definition) is 3. The molecule has 0 bridgehead atoms. The van der Waals surface area contributed by atoms with Crippen molar-refractivity contribution in [2.75, 3.05) is 11.9 Å². The molecule has 1 aromatic carbocycles. The van der Waals surface area contributed by atoms with Gasteiger partial charge in [-0.3, -0.25) is 0 Å². The smallest absolute Gasteiger partial charge is 0.223 e. The first-order valence-electron chi connectivity index (χ1n) is 5.96. The lowest BCUT2D eigenvalue weighted by atomic mass is 10.0. The Bertz CT molecular complexity index is 544. The summed E-state index contributed by atoms with van der Waals surface area (Å²) in [6, 6.07) is 5.20. The zero-order chi connectivity index (χ0) is 13.1. The highest BCUT2D eigenvalue weighted by molar-refractivity contribution is 5.65. The molecule has 0 spiro atoms. The molecule has 2 aromatic rings. The van der Waals surface area contributed by atoms with Crippen LogP contribution in [0.3, 0.4) is 0 Å². The Hall–Kier alpha value is -1.97. The minimum Gasteiger partial charge on any atom is -0.354 e. The summed E-state index contributed by atoms with van der Waals surface area (Å²) in [6.45, 7) is 6.47. The van der Waals surface area contributed by atoms with Gasteiger partial charge in [-0.2, -0.15) is 0 Å². The lowest BCUT2D eigenvalue weighted by molar-refractivity contribution is 0.628. The molecule has 0 radical (unpaired) electrons. The van der Waals surface area contributed by atoms with Gasteiger partial charge in [0.1, 0.15) is 5.82 Å². The van der Waals surface area contributed by atoms with Crippen molar-refractivity contribution in [2.24, 2.45) is 0 Å². The number of nitrogens with one attached hydrogen (secondary N) is 1. The number of hydrogen-bond donors (Lipinski definition) is 1. The zero-order valence-corrected chi connectivity index (χ0v) is 10.8. The minimum absolute atomic E-state index is 0.242. The maximum Gasteiger partial charge on any atom is 0.223 e. The number of rotatable bonds is 3. The van der Waals surface area contributed by atoms with Crippen molar-refractivity contribution in [3.63, 3.8) is 0 Å². The zero-order valence-electron chi connectivity index (χ0n) is 10.8. The molecule has 4 heteroatoms. The number of anilines is 1. The first kappa shape index (κ1) is 12.5. The molecular formula is C14H16FN3. The SMILES string of the molecule is CCNc1nccc(-c2c(C)cc(C)cc2F)n1. The Morgan fingerprint density at radius 2 is 2.06 bits per heavy atom. The van der Waals surface area contributed by atoms with Crippen LogP contribution in [0.15, 0.2) is 24.4 Å². The second kappa shape index (κ2) is 5.12. The molecule has 0 aliphatic rings. The maximum absolute atomic E-state index is 14.0. The maximum atomic E-state index is 14.0. The molecule has 1 N–H and O–H groups in total. The van der Waals surface area contributed by atoms with E-state index in [9.17, 15) is 4.39 Å². The molecule has 0 amide bonds. The van der Waals surface area contributed by atoms with E-state index in [1.807, 2.05) is 26.8 Å². The topological polar surface area (TPSA) is 37.8 Å². The van der Waals surface area contributed by atoms with Gasteiger partial charge in [0.2, 0.25) is 5.95 Å². The highest BCUT2D eigenvalue weighted by Gasteiger charge is 2.11. The lowest BCUT2D eigenvalue weighted by Crippen LogP contribution is -2.03. The van der Waals surface area contributed by atoms with Gasteiger partial charge in [-0.15, -0.1) is 0 Å². The van der Waals surface area contributed by atoms with Crippen LogP contribution >= 0.6 is 0 Å². The molecular weight excluding hydrogens is 229 g/mol. The highest BCUT2D eigenvalue weighted by atomic mass is 19.1. The summed E-state index contributed by atoms with van der Waals surface area (Å²) in [7, 11) is 0. The predicted octanol–water partition coefficient (Wildman–Crippen LogP) is 3.33. The van der Waals surface area contributed by atoms with Crippen LogP contribution in [0, 0.1) is 19.7 Å². The Balaban J connectivity index is 2.51. The Morgan fingerprint density at radius 1 is 1.28 bits per heavy atom. The number of aromatic nitrogens is 2. The van der Waals surface area contributed by atoms with E-state index in [0.29, 0.717) is 17.2 Å². The van der Waals surface area contributed by atoms with Gasteiger partial charge in [-0.05, 0) is 44.0 Å². The van der Waals surface area contributed by atoms with Gasteiger partial charge < -0.3 is 5.32 Å². The van der Waals surface area contributed by atoms with Crippen LogP contribution in [-0.2, 0) is 0 Å². The van der Waals surface area contributed by atoms with Crippen molar-refractivity contribution in [3.05, 3.63) is 41.3 Å². The van der Waals surface area contributed by atoms with E-state index in [4.69, 9.17) is 0 Å². The van der Waals surface area contributed by atoms with Crippen LogP contribution in [0.1, 0.15) is 18.1 Å². The van der Waals surface area contributed by atoms with E-state index in [2.05, 4.69) is 15.3 Å². The molecule has 2 rings (SSSR count). The average Bonchev–Trinajstić information content (AvgIpc) is 2.28. The Morgan fingerprint density at radius 3 is 2.72 bits per heavy atom. The van der Waals surface area contributed by atoms with E-state index < -0.39 is 0 Å². The van der Waals surface area contributed by atoms with Crippen molar-refractivity contribution in [3.8, 4) is 11.3 Å². The molecule has 1 heterocycles. The van der Waals surface area contributed by atoms with Crippen molar-refractivity contribution in [2.45, 2.75) is 20.8 Å². The standard InChI is InChI=1S/C14H16FN3/c1-4-16-14-17-6-5-12(18-14)13-10(3)7-9(2)8-11(13)15/h5-8H,4H2,1-3H3,(H,16,17,18). The highest BCUT2D eigenvalue weighted by Crippen LogP contribution is 2.26. The molecule has 0 aliphatic carbocycles. The predicted molar refractivity (Wildman–Crippen MR) is 71.1 cm³/mol. The molecule has 1 aromatic heterocycles. The third kappa shape index (κ3) is 2.47. The van der Waals surface area contributed by atoms with Gasteiger partial charge >= 0.3 is 0 Å². The molecule has 94 valence electrons. The van der Waals surface area contributed by atoms with Crippen LogP contribution in [0.25, 0.3) is 11.3 Å². The average molecular weight is 245 g/mol. The minimum atomic E-state index is -0.242. The Kier molecular flexibility index (Phi) is 3.55. The Labute approximate surface area is 106 Å². The fraction of sp³-hybridized carbons (Fsp3) is 0.286. The molecule has 0 unspecified atom stereocenters. The summed E-state index contributed by atoms with van der Waals surface area (Å²) in [5.41, 5.74) is 2.95. The summed E-state index contributed by atoms with van der Waals surface area (Å²) in [5.74, 6) is 0.281. The first-order valence-corrected chi connectivity index (χ1v) is 5.96. The lowest BCUT2D eigenvalue weighted by Gasteiger charge is -2.09. The van der Waals surface area contributed by atoms with Crippen molar-refractivity contribution in [1.29, 1.82) is 0 Å². The number of nitrogens with zero attached hydrogens (tertiary/aromatic N) is 2. The van der Waals surface area contributed by atoms with E-state index in [0.717, 1.165) is 17.7 Å². The van der Waals surface area contributed by atoms with Crippen LogP contribution in [-0.4, -0.2) is 16.5 Å². The van der Waals surface area contributed by atoms with Gasteiger partial charge in [0.05, 0.1) is 5.69 Å². The van der Waals surface area contributed by atoms with Gasteiger partial charge in [0.15, 0.2) is 0 Å². The molecule has 0 atom stereocenters. The fourth-order valence-corrected chi connectivity index (χ4v) is 1.98. The number of halogens is 1. The van der Waals surface area contributed by atoms with Crippen molar-refractivity contribution < 1.29 is 4.39 Å². The third-order valence-corrected chi connectivity index (χ3v) is 2.68. The van der Waals surface area contributed by atoms with Crippen LogP contribution in [0.4, 0.5) is 10.3 Å². The van der Waals surface area contributed by atoms with Crippen LogP contribution < -0.4 is 5.32 Å². The molecule has 0 fully saturated rings. The van der Waals surface area contributed by atoms with E-state index in [1.54, 1.807) is 12.3 Å². The van der Waals surface area contributed by atoms with Crippen LogP contribution in [0.2, 0.25) is 0 Å². The quantitative estimate of drug-likeness (QED) is 0.901. The molecule has 18 heavy (non-hydrogen) atoms.